The monoisotopic (exact) mass is 304 g/mol. The summed E-state index contributed by atoms with van der Waals surface area (Å²) in [4.78, 5) is 0. The van der Waals surface area contributed by atoms with E-state index in [9.17, 15) is 9.50 Å². The topological polar surface area (TPSA) is 38.7 Å². The summed E-state index contributed by atoms with van der Waals surface area (Å²) in [6.07, 6.45) is 0.0116. The Hall–Kier alpha value is -0.490. The average molecular weight is 305 g/mol. The van der Waals surface area contributed by atoms with Crippen LogP contribution in [0, 0.1) is 5.82 Å². The van der Waals surface area contributed by atoms with E-state index in [4.69, 9.17) is 9.47 Å². The average Bonchev–Trinajstić information content (AvgIpc) is 2.75. The van der Waals surface area contributed by atoms with Crippen LogP contribution in [0.15, 0.2) is 22.7 Å². The van der Waals surface area contributed by atoms with Crippen LogP contribution in [0.1, 0.15) is 12.0 Å². The number of ether oxygens (including phenoxy) is 2. The molecule has 1 heterocycles. The van der Waals surface area contributed by atoms with Gasteiger partial charge in [0.05, 0.1) is 19.3 Å². The maximum atomic E-state index is 12.9. The van der Waals surface area contributed by atoms with E-state index in [1.54, 1.807) is 6.07 Å². The van der Waals surface area contributed by atoms with Crippen LogP contribution in [0.2, 0.25) is 0 Å². The highest BCUT2D eigenvalue weighted by molar-refractivity contribution is 9.10. The number of aliphatic hydroxyl groups excluding tert-OH is 1. The Morgan fingerprint density at radius 3 is 2.76 bits per heavy atom. The zero-order valence-electron chi connectivity index (χ0n) is 9.23. The molecule has 0 radical (unpaired) electrons. The van der Waals surface area contributed by atoms with Crippen LogP contribution in [0.5, 0.6) is 0 Å². The van der Waals surface area contributed by atoms with Crippen molar-refractivity contribution in [1.82, 2.24) is 0 Å². The quantitative estimate of drug-likeness (QED) is 0.927. The Morgan fingerprint density at radius 1 is 1.41 bits per heavy atom. The number of hydrogen-bond acceptors (Lipinski definition) is 3. The molecule has 0 amide bonds. The summed E-state index contributed by atoms with van der Waals surface area (Å²) in [6.45, 7) is 1.16. The maximum absolute atomic E-state index is 12.9. The minimum atomic E-state index is -0.556. The summed E-state index contributed by atoms with van der Waals surface area (Å²) in [7, 11) is 0. The molecule has 17 heavy (non-hydrogen) atoms. The molecule has 3 nitrogen and oxygen atoms in total. The number of benzene rings is 1. The first-order chi connectivity index (χ1) is 8.15. The van der Waals surface area contributed by atoms with Gasteiger partial charge in [-0.05, 0) is 24.1 Å². The lowest BCUT2D eigenvalue weighted by molar-refractivity contribution is -0.0698. The van der Waals surface area contributed by atoms with E-state index in [1.807, 2.05) is 0 Å². The maximum Gasteiger partial charge on any atom is 0.160 e. The van der Waals surface area contributed by atoms with Gasteiger partial charge in [-0.3, -0.25) is 0 Å². The third-order valence-corrected chi connectivity index (χ3v) is 3.36. The molecule has 1 N–H and O–H groups in total. The Morgan fingerprint density at radius 2 is 2.12 bits per heavy atom. The fourth-order valence-electron chi connectivity index (χ4n) is 1.79. The van der Waals surface area contributed by atoms with Gasteiger partial charge in [0, 0.05) is 10.9 Å². The Labute approximate surface area is 108 Å². The third-order valence-electron chi connectivity index (χ3n) is 2.63. The van der Waals surface area contributed by atoms with Gasteiger partial charge in [-0.1, -0.05) is 22.0 Å². The van der Waals surface area contributed by atoms with E-state index in [0.717, 1.165) is 5.56 Å². The second-order valence-corrected chi connectivity index (χ2v) is 4.85. The molecule has 0 bridgehead atoms. The van der Waals surface area contributed by atoms with Crippen LogP contribution >= 0.6 is 15.9 Å². The van der Waals surface area contributed by atoms with Gasteiger partial charge in [-0.2, -0.15) is 0 Å². The van der Waals surface area contributed by atoms with Crippen LogP contribution in [0.3, 0.4) is 0 Å². The fraction of sp³-hybridized carbons (Fsp3) is 0.500. The number of aliphatic hydroxyl groups is 1. The van der Waals surface area contributed by atoms with Gasteiger partial charge in [-0.25, -0.2) is 4.39 Å². The zero-order valence-corrected chi connectivity index (χ0v) is 10.8. The SMILES string of the molecule is OC(Cc1ccc(F)cc1Br)CC1OCCO1. The highest BCUT2D eigenvalue weighted by atomic mass is 79.9. The highest BCUT2D eigenvalue weighted by Crippen LogP contribution is 2.21. The van der Waals surface area contributed by atoms with Crippen molar-refractivity contribution >= 4 is 15.9 Å². The molecule has 0 aliphatic carbocycles. The molecule has 5 heteroatoms. The molecule has 1 fully saturated rings. The molecule has 1 aromatic rings. The van der Waals surface area contributed by atoms with E-state index in [0.29, 0.717) is 30.5 Å². The predicted octanol–water partition coefficient (Wildman–Crippen LogP) is 2.25. The fourth-order valence-corrected chi connectivity index (χ4v) is 2.30. The van der Waals surface area contributed by atoms with Crippen LogP contribution in [-0.2, 0) is 15.9 Å². The smallest absolute Gasteiger partial charge is 0.160 e. The first-order valence-electron chi connectivity index (χ1n) is 5.50. The van der Waals surface area contributed by atoms with Crippen molar-refractivity contribution in [3.8, 4) is 0 Å². The van der Waals surface area contributed by atoms with Crippen molar-refractivity contribution in [1.29, 1.82) is 0 Å². The van der Waals surface area contributed by atoms with Crippen molar-refractivity contribution in [2.75, 3.05) is 13.2 Å². The molecule has 0 aromatic heterocycles. The van der Waals surface area contributed by atoms with E-state index in [1.165, 1.54) is 12.1 Å². The minimum absolute atomic E-state index is 0.294. The molecule has 1 aliphatic rings. The molecular formula is C12H14BrFO3. The summed E-state index contributed by atoms with van der Waals surface area (Å²) in [5, 5.41) is 9.88. The summed E-state index contributed by atoms with van der Waals surface area (Å²) in [5.74, 6) is -0.294. The van der Waals surface area contributed by atoms with Gasteiger partial charge in [0.25, 0.3) is 0 Å². The van der Waals surface area contributed by atoms with Crippen molar-refractivity contribution in [2.45, 2.75) is 25.2 Å². The van der Waals surface area contributed by atoms with Crippen molar-refractivity contribution in [3.05, 3.63) is 34.1 Å². The standard InChI is InChI=1S/C12H14BrFO3/c13-11-6-9(14)2-1-8(11)5-10(15)7-12-16-3-4-17-12/h1-2,6,10,12,15H,3-5,7H2. The third kappa shape index (κ3) is 3.74. The van der Waals surface area contributed by atoms with Gasteiger partial charge in [0.15, 0.2) is 6.29 Å². The second kappa shape index (κ2) is 5.91. The van der Waals surface area contributed by atoms with Crippen LogP contribution < -0.4 is 0 Å². The molecule has 1 aromatic carbocycles. The van der Waals surface area contributed by atoms with E-state index in [2.05, 4.69) is 15.9 Å². The van der Waals surface area contributed by atoms with Crippen LogP contribution in [-0.4, -0.2) is 30.7 Å². The Kier molecular flexibility index (Phi) is 4.50. The van der Waals surface area contributed by atoms with Gasteiger partial charge in [-0.15, -0.1) is 0 Å². The van der Waals surface area contributed by atoms with Gasteiger partial charge >= 0.3 is 0 Å². The number of rotatable bonds is 4. The van der Waals surface area contributed by atoms with Crippen LogP contribution in [0.25, 0.3) is 0 Å². The largest absolute Gasteiger partial charge is 0.393 e. The van der Waals surface area contributed by atoms with Crippen molar-refractivity contribution in [2.24, 2.45) is 0 Å². The molecule has 0 spiro atoms. The normalized spacial score (nSPS) is 18.5. The Bertz CT molecular complexity index is 380. The molecule has 94 valence electrons. The lowest BCUT2D eigenvalue weighted by atomic mass is 10.1. The second-order valence-electron chi connectivity index (χ2n) is 4.00. The number of hydrogen-bond donors (Lipinski definition) is 1. The molecule has 1 atom stereocenters. The molecule has 1 saturated heterocycles. The molecule has 2 rings (SSSR count). The summed E-state index contributed by atoms with van der Waals surface area (Å²) < 4.78 is 24.1. The van der Waals surface area contributed by atoms with E-state index in [-0.39, 0.29) is 12.1 Å². The lowest BCUT2D eigenvalue weighted by Gasteiger charge is -2.15. The first-order valence-corrected chi connectivity index (χ1v) is 6.29. The minimum Gasteiger partial charge on any atom is -0.393 e. The molecular weight excluding hydrogens is 291 g/mol. The van der Waals surface area contributed by atoms with Crippen molar-refractivity contribution in [3.63, 3.8) is 0 Å². The van der Waals surface area contributed by atoms with Gasteiger partial charge in [0.2, 0.25) is 0 Å². The zero-order chi connectivity index (χ0) is 12.3. The predicted molar refractivity (Wildman–Crippen MR) is 64.1 cm³/mol. The van der Waals surface area contributed by atoms with Crippen LogP contribution in [0.4, 0.5) is 4.39 Å². The van der Waals surface area contributed by atoms with Gasteiger partial charge in [0.1, 0.15) is 5.82 Å². The summed E-state index contributed by atoms with van der Waals surface area (Å²) in [6, 6.07) is 4.44. The van der Waals surface area contributed by atoms with Crippen molar-refractivity contribution < 1.29 is 19.0 Å². The van der Waals surface area contributed by atoms with E-state index < -0.39 is 6.10 Å². The lowest BCUT2D eigenvalue weighted by Crippen LogP contribution is -2.20. The highest BCUT2D eigenvalue weighted by Gasteiger charge is 2.20. The first kappa shape index (κ1) is 13.0. The Balaban J connectivity index is 1.90. The summed E-state index contributed by atoms with van der Waals surface area (Å²) in [5.41, 5.74) is 0.872. The molecule has 1 aliphatic heterocycles. The van der Waals surface area contributed by atoms with Gasteiger partial charge < -0.3 is 14.6 Å². The number of halogens is 2. The molecule has 0 saturated carbocycles. The summed E-state index contributed by atoms with van der Waals surface area (Å²) >= 11 is 3.27. The molecule has 1 unspecified atom stereocenters. The van der Waals surface area contributed by atoms with E-state index >= 15 is 0 Å².